The van der Waals surface area contributed by atoms with Crippen molar-refractivity contribution < 1.29 is 9.59 Å². The molecule has 2 amide bonds. The molecule has 0 atom stereocenters. The molecule has 0 aliphatic rings. The highest BCUT2D eigenvalue weighted by atomic mass is 35.5. The van der Waals surface area contributed by atoms with Crippen LogP contribution in [0.15, 0.2) is 36.4 Å². The van der Waals surface area contributed by atoms with E-state index in [1.165, 1.54) is 0 Å². The van der Waals surface area contributed by atoms with Gasteiger partial charge in [-0.25, -0.2) is 0 Å². The molecule has 0 unspecified atom stereocenters. The third-order valence-electron chi connectivity index (χ3n) is 3.62. The van der Waals surface area contributed by atoms with E-state index in [1.54, 1.807) is 18.2 Å². The molecule has 0 saturated carbocycles. The maximum absolute atomic E-state index is 12.2. The first-order chi connectivity index (χ1) is 10.9. The van der Waals surface area contributed by atoms with E-state index in [-0.39, 0.29) is 0 Å². The van der Waals surface area contributed by atoms with Crippen LogP contribution in [-0.2, 0) is 16.0 Å². The summed E-state index contributed by atoms with van der Waals surface area (Å²) < 4.78 is 0. The molecule has 120 valence electrons. The summed E-state index contributed by atoms with van der Waals surface area (Å²) in [6.07, 6.45) is 0.773. The Labute approximate surface area is 140 Å². The number of hydrogen-bond donors (Lipinski definition) is 2. The van der Waals surface area contributed by atoms with Crippen LogP contribution < -0.4 is 10.6 Å². The summed E-state index contributed by atoms with van der Waals surface area (Å²) >= 11 is 5.88. The number of hydrogen-bond acceptors (Lipinski definition) is 2. The second-order valence-corrected chi connectivity index (χ2v) is 5.77. The molecule has 0 radical (unpaired) electrons. The fourth-order valence-electron chi connectivity index (χ4n) is 2.32. The molecule has 0 spiro atoms. The summed E-state index contributed by atoms with van der Waals surface area (Å²) in [5, 5.41) is 5.89. The third kappa shape index (κ3) is 4.11. The largest absolute Gasteiger partial charge is 0.318 e. The number of benzene rings is 2. The molecule has 0 fully saturated rings. The van der Waals surface area contributed by atoms with E-state index in [0.29, 0.717) is 16.4 Å². The lowest BCUT2D eigenvalue weighted by atomic mass is 10.1. The lowest BCUT2D eigenvalue weighted by Crippen LogP contribution is -2.30. The highest BCUT2D eigenvalue weighted by Crippen LogP contribution is 2.22. The molecule has 23 heavy (non-hydrogen) atoms. The van der Waals surface area contributed by atoms with Gasteiger partial charge in [0.25, 0.3) is 0 Å². The summed E-state index contributed by atoms with van der Waals surface area (Å²) in [6, 6.07) is 10.8. The molecule has 5 heteroatoms. The smallest absolute Gasteiger partial charge is 0.314 e. The van der Waals surface area contributed by atoms with Gasteiger partial charge < -0.3 is 10.6 Å². The lowest BCUT2D eigenvalue weighted by molar-refractivity contribution is -0.133. The summed E-state index contributed by atoms with van der Waals surface area (Å²) in [5.41, 5.74) is 3.98. The SMILES string of the molecule is CCc1cccc(C)c1NC(=O)C(=O)Nc1ccc(Cl)cc1C. The first-order valence-electron chi connectivity index (χ1n) is 7.39. The first kappa shape index (κ1) is 17.0. The number of nitrogens with one attached hydrogen (secondary N) is 2. The number of aryl methyl sites for hydroxylation is 3. The van der Waals surface area contributed by atoms with Crippen LogP contribution in [0, 0.1) is 13.8 Å². The third-order valence-corrected chi connectivity index (χ3v) is 3.86. The fourth-order valence-corrected chi connectivity index (χ4v) is 2.55. The van der Waals surface area contributed by atoms with Gasteiger partial charge in [-0.1, -0.05) is 36.7 Å². The molecular weight excluding hydrogens is 312 g/mol. The van der Waals surface area contributed by atoms with E-state index < -0.39 is 11.8 Å². The van der Waals surface area contributed by atoms with Crippen LogP contribution in [0.25, 0.3) is 0 Å². The van der Waals surface area contributed by atoms with Gasteiger partial charge in [0.15, 0.2) is 0 Å². The molecule has 0 heterocycles. The molecule has 0 saturated heterocycles. The molecule has 2 rings (SSSR count). The van der Waals surface area contributed by atoms with Crippen molar-refractivity contribution in [2.75, 3.05) is 10.6 Å². The number of halogens is 1. The molecule has 0 aliphatic carbocycles. The fraction of sp³-hybridized carbons (Fsp3) is 0.222. The minimum Gasteiger partial charge on any atom is -0.318 e. The van der Waals surface area contributed by atoms with Gasteiger partial charge >= 0.3 is 11.8 Å². The first-order valence-corrected chi connectivity index (χ1v) is 7.77. The van der Waals surface area contributed by atoms with E-state index in [0.717, 1.165) is 23.1 Å². The number of carbonyl (C=O) groups is 2. The zero-order valence-electron chi connectivity index (χ0n) is 13.4. The Bertz CT molecular complexity index is 757. The summed E-state index contributed by atoms with van der Waals surface area (Å²) in [5.74, 6) is -1.40. The maximum Gasteiger partial charge on any atom is 0.314 e. The second kappa shape index (κ2) is 7.29. The molecule has 2 N–H and O–H groups in total. The highest BCUT2D eigenvalue weighted by molar-refractivity contribution is 6.44. The topological polar surface area (TPSA) is 58.2 Å². The summed E-state index contributed by atoms with van der Waals surface area (Å²) in [7, 11) is 0. The molecule has 0 bridgehead atoms. The highest BCUT2D eigenvalue weighted by Gasteiger charge is 2.17. The minimum absolute atomic E-state index is 0.565. The van der Waals surface area contributed by atoms with Crippen LogP contribution in [0.2, 0.25) is 5.02 Å². The Balaban J connectivity index is 2.13. The van der Waals surface area contributed by atoms with Crippen LogP contribution in [-0.4, -0.2) is 11.8 Å². The van der Waals surface area contributed by atoms with Crippen LogP contribution in [0.1, 0.15) is 23.6 Å². The molecular formula is C18H19ClN2O2. The lowest BCUT2D eigenvalue weighted by Gasteiger charge is -2.13. The predicted molar refractivity (Wildman–Crippen MR) is 94.0 cm³/mol. The van der Waals surface area contributed by atoms with Gasteiger partial charge in [-0.05, 0) is 55.2 Å². The van der Waals surface area contributed by atoms with Gasteiger partial charge in [-0.15, -0.1) is 0 Å². The quantitative estimate of drug-likeness (QED) is 0.832. The summed E-state index contributed by atoms with van der Waals surface area (Å²) in [4.78, 5) is 24.3. The minimum atomic E-state index is -0.708. The van der Waals surface area contributed by atoms with E-state index in [4.69, 9.17) is 11.6 Å². The number of amides is 2. The molecule has 2 aromatic carbocycles. The second-order valence-electron chi connectivity index (χ2n) is 5.33. The average molecular weight is 331 g/mol. The number of para-hydroxylation sites is 1. The van der Waals surface area contributed by atoms with Gasteiger partial charge in [0, 0.05) is 16.4 Å². The van der Waals surface area contributed by atoms with Crippen LogP contribution in [0.3, 0.4) is 0 Å². The Morgan fingerprint density at radius 2 is 1.70 bits per heavy atom. The maximum atomic E-state index is 12.2. The van der Waals surface area contributed by atoms with Crippen molar-refractivity contribution in [3.63, 3.8) is 0 Å². The Morgan fingerprint density at radius 1 is 1.00 bits per heavy atom. The zero-order valence-corrected chi connectivity index (χ0v) is 14.1. The van der Waals surface area contributed by atoms with Gasteiger partial charge in [0.05, 0.1) is 0 Å². The van der Waals surface area contributed by atoms with Crippen LogP contribution in [0.4, 0.5) is 11.4 Å². The average Bonchev–Trinajstić information content (AvgIpc) is 2.51. The number of anilines is 2. The van der Waals surface area contributed by atoms with Gasteiger partial charge in [0.1, 0.15) is 0 Å². The number of carbonyl (C=O) groups excluding carboxylic acids is 2. The van der Waals surface area contributed by atoms with Crippen LogP contribution >= 0.6 is 11.6 Å². The normalized spacial score (nSPS) is 10.3. The van der Waals surface area contributed by atoms with Crippen molar-refractivity contribution in [2.24, 2.45) is 0 Å². The predicted octanol–water partition coefficient (Wildman–Crippen LogP) is 4.10. The Kier molecular flexibility index (Phi) is 5.40. The Morgan fingerprint density at radius 3 is 2.35 bits per heavy atom. The molecule has 0 aliphatic heterocycles. The van der Waals surface area contributed by atoms with Crippen molar-refractivity contribution in [1.29, 1.82) is 0 Å². The van der Waals surface area contributed by atoms with E-state index >= 15 is 0 Å². The molecule has 4 nitrogen and oxygen atoms in total. The van der Waals surface area contributed by atoms with Crippen molar-refractivity contribution in [3.05, 3.63) is 58.1 Å². The summed E-state index contributed by atoms with van der Waals surface area (Å²) in [6.45, 7) is 5.72. The van der Waals surface area contributed by atoms with Crippen molar-refractivity contribution in [2.45, 2.75) is 27.2 Å². The van der Waals surface area contributed by atoms with Crippen molar-refractivity contribution in [1.82, 2.24) is 0 Å². The Hall–Kier alpha value is -2.33. The number of rotatable bonds is 3. The molecule has 2 aromatic rings. The standard InChI is InChI=1S/C18H19ClN2O2/c1-4-13-7-5-6-11(2)16(13)21-18(23)17(22)20-15-9-8-14(19)10-12(15)3/h5-10H,4H2,1-3H3,(H,20,22)(H,21,23). The van der Waals surface area contributed by atoms with Gasteiger partial charge in [0.2, 0.25) is 0 Å². The van der Waals surface area contributed by atoms with Gasteiger partial charge in [-0.2, -0.15) is 0 Å². The van der Waals surface area contributed by atoms with E-state index in [2.05, 4.69) is 10.6 Å². The van der Waals surface area contributed by atoms with Crippen molar-refractivity contribution in [3.8, 4) is 0 Å². The van der Waals surface area contributed by atoms with Gasteiger partial charge in [-0.3, -0.25) is 9.59 Å². The zero-order chi connectivity index (χ0) is 17.0. The van der Waals surface area contributed by atoms with E-state index in [9.17, 15) is 9.59 Å². The van der Waals surface area contributed by atoms with Crippen molar-refractivity contribution >= 4 is 34.8 Å². The van der Waals surface area contributed by atoms with Crippen LogP contribution in [0.5, 0.6) is 0 Å². The molecule has 0 aromatic heterocycles. The van der Waals surface area contributed by atoms with E-state index in [1.807, 2.05) is 39.0 Å². The monoisotopic (exact) mass is 330 g/mol.